The van der Waals surface area contributed by atoms with Gasteiger partial charge in [-0.2, -0.15) is 11.8 Å². The number of hydrogen-bond donors (Lipinski definition) is 1. The molecule has 2 rings (SSSR count). The summed E-state index contributed by atoms with van der Waals surface area (Å²) in [6, 6.07) is 6.08. The third kappa shape index (κ3) is 18.4. The Hall–Kier alpha value is -1.12. The molecule has 0 bridgehead atoms. The average molecular weight is 686 g/mol. The minimum atomic E-state index is -1.10. The Morgan fingerprint density at radius 1 is 0.930 bits per heavy atom. The number of rotatable bonds is 27. The standard InChI is InChI=1S/C35H60N2O4S.BrH/c1-3-4-5-6-7-8-9-10-11-12-13-14-15-16-17-19-24-36-34(39)41-31-35(30-38,40-2)29-32(33-23-28-42-33)22-27-37-25-20-18-21-26-37;/h18,20-21,25-26,30,32-33H,3-17,19,22-24,27-29,31H2,1-2H3;1H. The average Bonchev–Trinajstić information content (AvgIpc) is 2.99. The summed E-state index contributed by atoms with van der Waals surface area (Å²) in [5.74, 6) is 1.48. The number of nitrogens with zero attached hydrogens (tertiary/aromatic N) is 1. The van der Waals surface area contributed by atoms with Crippen molar-refractivity contribution in [2.75, 3.05) is 26.0 Å². The second-order valence-corrected chi connectivity index (χ2v) is 13.6. The summed E-state index contributed by atoms with van der Waals surface area (Å²) in [6.07, 6.45) is 28.4. The van der Waals surface area contributed by atoms with Gasteiger partial charge in [0, 0.05) is 37.5 Å². The van der Waals surface area contributed by atoms with E-state index in [2.05, 4.69) is 29.2 Å². The monoisotopic (exact) mass is 684 g/mol. The summed E-state index contributed by atoms with van der Waals surface area (Å²) in [4.78, 5) is 24.6. The Morgan fingerprint density at radius 3 is 1.93 bits per heavy atom. The smallest absolute Gasteiger partial charge is 0.407 e. The summed E-state index contributed by atoms with van der Waals surface area (Å²) >= 11 is 1.96. The molecule has 1 amide bonds. The van der Waals surface area contributed by atoms with Crippen molar-refractivity contribution in [2.24, 2.45) is 5.92 Å². The molecule has 0 aromatic carbocycles. The van der Waals surface area contributed by atoms with E-state index in [9.17, 15) is 9.59 Å². The highest BCUT2D eigenvalue weighted by molar-refractivity contribution is 8.01. The van der Waals surface area contributed by atoms with E-state index in [1.165, 1.54) is 95.6 Å². The number of amides is 1. The first kappa shape index (κ1) is 39.9. The molecule has 1 aromatic heterocycles. The van der Waals surface area contributed by atoms with Crippen LogP contribution in [0.15, 0.2) is 30.6 Å². The third-order valence-corrected chi connectivity index (χ3v) is 10.3. The molecule has 1 aliphatic heterocycles. The van der Waals surface area contributed by atoms with Gasteiger partial charge >= 0.3 is 6.09 Å². The quantitative estimate of drug-likeness (QED) is 0.0759. The molecule has 3 unspecified atom stereocenters. The van der Waals surface area contributed by atoms with Crippen molar-refractivity contribution in [3.63, 3.8) is 0 Å². The summed E-state index contributed by atoms with van der Waals surface area (Å²) in [7, 11) is 1.54. The fraction of sp³-hybridized carbons (Fsp3) is 0.800. The minimum Gasteiger partial charge on any atom is -1.00 e. The Labute approximate surface area is 278 Å². The molecule has 1 aromatic rings. The number of alkyl carbamates (subject to hydrolysis) is 1. The molecule has 0 aliphatic carbocycles. The highest BCUT2D eigenvalue weighted by atomic mass is 79.9. The minimum absolute atomic E-state index is 0. The first-order chi connectivity index (χ1) is 20.6. The number of pyridine rings is 1. The number of thioether (sulfide) groups is 1. The second kappa shape index (κ2) is 26.1. The number of methoxy groups -OCH3 is 1. The van der Waals surface area contributed by atoms with Gasteiger partial charge in [-0.1, -0.05) is 109 Å². The van der Waals surface area contributed by atoms with Gasteiger partial charge in [0.2, 0.25) is 0 Å². The van der Waals surface area contributed by atoms with E-state index in [4.69, 9.17) is 9.47 Å². The fourth-order valence-corrected chi connectivity index (χ4v) is 6.83. The maximum Gasteiger partial charge on any atom is 0.407 e. The van der Waals surface area contributed by atoms with E-state index >= 15 is 0 Å². The molecular formula is C35H61BrN2O4S. The molecule has 0 radical (unpaired) electrons. The van der Waals surface area contributed by atoms with Gasteiger partial charge in [-0.3, -0.25) is 4.79 Å². The lowest BCUT2D eigenvalue weighted by Gasteiger charge is -2.37. The van der Waals surface area contributed by atoms with E-state index in [1.54, 1.807) is 7.11 Å². The van der Waals surface area contributed by atoms with Gasteiger partial charge < -0.3 is 31.8 Å². The third-order valence-electron chi connectivity index (χ3n) is 8.77. The van der Waals surface area contributed by atoms with E-state index in [0.717, 1.165) is 38.5 Å². The number of halogens is 1. The maximum atomic E-state index is 12.4. The summed E-state index contributed by atoms with van der Waals surface area (Å²) in [6.45, 7) is 3.72. The largest absolute Gasteiger partial charge is 1.00 e. The number of aromatic nitrogens is 1. The van der Waals surface area contributed by atoms with Gasteiger partial charge in [0.15, 0.2) is 24.3 Å². The maximum absolute atomic E-state index is 12.4. The molecular weight excluding hydrogens is 624 g/mol. The van der Waals surface area contributed by atoms with Crippen LogP contribution in [0.4, 0.5) is 4.79 Å². The molecule has 1 fully saturated rings. The van der Waals surface area contributed by atoms with Crippen molar-refractivity contribution in [2.45, 2.75) is 146 Å². The topological polar surface area (TPSA) is 68.5 Å². The van der Waals surface area contributed by atoms with Gasteiger partial charge in [0.05, 0.1) is 0 Å². The Bertz CT molecular complexity index is 814. The Balaban J connectivity index is 0.00000924. The molecule has 0 spiro atoms. The first-order valence-electron chi connectivity index (χ1n) is 17.1. The lowest BCUT2D eigenvalue weighted by Crippen LogP contribution is -3.00. The highest BCUT2D eigenvalue weighted by Gasteiger charge is 2.39. The number of carbonyl (C=O) groups is 2. The number of aldehydes is 1. The highest BCUT2D eigenvalue weighted by Crippen LogP contribution is 2.39. The Morgan fingerprint density at radius 2 is 1.47 bits per heavy atom. The van der Waals surface area contributed by atoms with Crippen LogP contribution in [0.1, 0.15) is 129 Å². The molecule has 43 heavy (non-hydrogen) atoms. The van der Waals surface area contributed by atoms with Gasteiger partial charge in [-0.05, 0) is 30.9 Å². The zero-order valence-corrected chi connectivity index (χ0v) is 29.7. The zero-order chi connectivity index (χ0) is 30.1. The zero-order valence-electron chi connectivity index (χ0n) is 27.2. The normalized spacial score (nSPS) is 16.4. The van der Waals surface area contributed by atoms with Crippen molar-refractivity contribution in [3.05, 3.63) is 30.6 Å². The van der Waals surface area contributed by atoms with Crippen molar-refractivity contribution < 1.29 is 40.6 Å². The van der Waals surface area contributed by atoms with Crippen molar-refractivity contribution in [3.8, 4) is 0 Å². The number of nitrogens with one attached hydrogen (secondary N) is 1. The van der Waals surface area contributed by atoms with Gasteiger partial charge in [0.25, 0.3) is 0 Å². The molecule has 1 N–H and O–H groups in total. The van der Waals surface area contributed by atoms with Crippen LogP contribution in [-0.4, -0.2) is 49.2 Å². The number of aryl methyl sites for hydroxylation is 1. The van der Waals surface area contributed by atoms with E-state index in [1.807, 2.05) is 30.0 Å². The predicted molar refractivity (Wildman–Crippen MR) is 175 cm³/mol. The van der Waals surface area contributed by atoms with Crippen molar-refractivity contribution in [1.29, 1.82) is 0 Å². The summed E-state index contributed by atoms with van der Waals surface area (Å²) < 4.78 is 13.4. The van der Waals surface area contributed by atoms with Crippen molar-refractivity contribution in [1.82, 2.24) is 5.32 Å². The van der Waals surface area contributed by atoms with Crippen LogP contribution in [0, 0.1) is 5.92 Å². The van der Waals surface area contributed by atoms with E-state index < -0.39 is 11.7 Å². The Kier molecular flexibility index (Phi) is 24.3. The van der Waals surface area contributed by atoms with Gasteiger partial charge in [0.1, 0.15) is 13.2 Å². The van der Waals surface area contributed by atoms with E-state index in [-0.39, 0.29) is 23.6 Å². The van der Waals surface area contributed by atoms with Crippen LogP contribution in [0.2, 0.25) is 0 Å². The fourth-order valence-electron chi connectivity index (χ4n) is 5.82. The number of unbranched alkanes of at least 4 members (excludes halogenated alkanes) is 15. The first-order valence-corrected chi connectivity index (χ1v) is 18.1. The molecule has 8 heteroatoms. The predicted octanol–water partition coefficient (Wildman–Crippen LogP) is 5.45. The number of carbonyl (C=O) groups excluding carboxylic acids is 2. The number of ether oxygens (including phenoxy) is 2. The lowest BCUT2D eigenvalue weighted by molar-refractivity contribution is -0.698. The van der Waals surface area contributed by atoms with Crippen molar-refractivity contribution >= 4 is 24.1 Å². The summed E-state index contributed by atoms with van der Waals surface area (Å²) in [5, 5.41) is 3.38. The SMILES string of the molecule is CCCCCCCCCCCCCCCCCCNC(=O)OCC(C=O)(CC(CC[n+]1ccccc1)C1CCS1)OC.[Br-]. The van der Waals surface area contributed by atoms with E-state index in [0.29, 0.717) is 24.1 Å². The lowest BCUT2D eigenvalue weighted by atomic mass is 9.86. The molecule has 2 heterocycles. The van der Waals surface area contributed by atoms with Crippen LogP contribution >= 0.6 is 11.8 Å². The van der Waals surface area contributed by atoms with Gasteiger partial charge in [-0.15, -0.1) is 0 Å². The van der Waals surface area contributed by atoms with Crippen LogP contribution in [0.25, 0.3) is 0 Å². The molecule has 1 saturated heterocycles. The van der Waals surface area contributed by atoms with Gasteiger partial charge in [-0.25, -0.2) is 9.36 Å². The molecule has 3 atom stereocenters. The molecule has 248 valence electrons. The number of hydrogen-bond acceptors (Lipinski definition) is 5. The molecule has 6 nitrogen and oxygen atoms in total. The summed E-state index contributed by atoms with van der Waals surface area (Å²) in [5.41, 5.74) is -1.10. The van der Waals surface area contributed by atoms with Crippen LogP contribution in [0.5, 0.6) is 0 Å². The van der Waals surface area contributed by atoms with Crippen LogP contribution < -0.4 is 26.9 Å². The van der Waals surface area contributed by atoms with Crippen LogP contribution in [-0.2, 0) is 20.8 Å². The second-order valence-electron chi connectivity index (χ2n) is 12.3. The van der Waals surface area contributed by atoms with Crippen LogP contribution in [0.3, 0.4) is 0 Å². The molecule has 1 aliphatic rings. The molecule has 0 saturated carbocycles.